The molecule has 0 saturated carbocycles. The van der Waals surface area contributed by atoms with E-state index in [1.807, 2.05) is 13.8 Å². The van der Waals surface area contributed by atoms with Crippen molar-refractivity contribution in [3.8, 4) is 0 Å². The molecular formula is C46H77N9O10S2Si. The summed E-state index contributed by atoms with van der Waals surface area (Å²) in [7, 11) is -11.0. The number of hydrogen-bond acceptors (Lipinski definition) is 12. The van der Waals surface area contributed by atoms with Crippen molar-refractivity contribution in [3.05, 3.63) is 59.7 Å². The van der Waals surface area contributed by atoms with E-state index >= 15 is 0 Å². The van der Waals surface area contributed by atoms with E-state index in [-0.39, 0.29) is 66.4 Å². The Kier molecular flexibility index (Phi) is 21.1. The minimum absolute atomic E-state index is 0.00304. The van der Waals surface area contributed by atoms with Crippen molar-refractivity contribution in [2.24, 2.45) is 27.4 Å². The Labute approximate surface area is 405 Å². The van der Waals surface area contributed by atoms with Gasteiger partial charge in [-0.3, -0.25) is 24.4 Å². The largest absolute Gasteiger partial charge is 0.516 e. The summed E-state index contributed by atoms with van der Waals surface area (Å²) in [6.07, 6.45) is -0.604. The van der Waals surface area contributed by atoms with Crippen molar-refractivity contribution in [2.75, 3.05) is 13.1 Å². The van der Waals surface area contributed by atoms with Gasteiger partial charge in [0.2, 0.25) is 23.7 Å². The summed E-state index contributed by atoms with van der Waals surface area (Å²) in [6.45, 7) is 26.4. The molecule has 0 unspecified atom stereocenters. The fourth-order valence-corrected chi connectivity index (χ4v) is 15.1. The summed E-state index contributed by atoms with van der Waals surface area (Å²) < 4.78 is 67.8. The molecule has 382 valence electrons. The fraction of sp³-hybridized carbons (Fsp3) is 0.609. The molecule has 0 aliphatic rings. The summed E-state index contributed by atoms with van der Waals surface area (Å²) in [4.78, 5) is 63.3. The van der Waals surface area contributed by atoms with Crippen molar-refractivity contribution >= 4 is 64.2 Å². The molecule has 0 heterocycles. The standard InChI is InChI=1S/C46H77N9O10S2Si/c1-30(2)29-68(45(9,10)11,46(12,13)14)65-40(58)37(18-16-28-50-42(48)55-67(62,63)35-25-21-32(4)22-26-35)52-38(56)33(5)51-39(57)36(53-43(59)64-44(6,7)8)17-15-27-49-41(47)54-66(60,61)34-23-19-31(3)20-24-34/h19-26,30,33,36-37H,15-18,27-29H2,1-14H3,(H,51,57)(H,52,56)(H,53,59)(H3,47,49,54)(H3,48,50,55)/t33-,36-,37-/m0/s1. The van der Waals surface area contributed by atoms with Gasteiger partial charge in [0.25, 0.3) is 28.4 Å². The molecule has 19 nitrogen and oxygen atoms in total. The first-order chi connectivity index (χ1) is 31.1. The first-order valence-corrected chi connectivity index (χ1v) is 27.8. The predicted octanol–water partition coefficient (Wildman–Crippen LogP) is 5.38. The van der Waals surface area contributed by atoms with Gasteiger partial charge in [0.05, 0.1) is 9.79 Å². The van der Waals surface area contributed by atoms with Crippen LogP contribution in [0.25, 0.3) is 0 Å². The number of ether oxygens (including phenoxy) is 1. The smallest absolute Gasteiger partial charge is 0.408 e. The molecule has 0 bridgehead atoms. The predicted molar refractivity (Wildman–Crippen MR) is 268 cm³/mol. The normalized spacial score (nSPS) is 14.6. The van der Waals surface area contributed by atoms with E-state index < -0.39 is 86.0 Å². The second kappa shape index (κ2) is 24.4. The number of aliphatic imine (C=N–C) groups is 2. The highest BCUT2D eigenvalue weighted by atomic mass is 32.2. The molecule has 0 saturated heterocycles. The lowest BCUT2D eigenvalue weighted by molar-refractivity contribution is -0.141. The zero-order chi connectivity index (χ0) is 52.1. The molecule has 9 N–H and O–H groups in total. The molecule has 22 heteroatoms. The van der Waals surface area contributed by atoms with Gasteiger partial charge in [0.15, 0.2) is 0 Å². The molecule has 3 atom stereocenters. The number of carbonyl (C=O) groups is 4. The number of sulfonamides is 2. The molecule has 0 fully saturated rings. The van der Waals surface area contributed by atoms with Crippen LogP contribution in [0.1, 0.15) is 120 Å². The Hall–Kier alpha value is -5.22. The SMILES string of the molecule is Cc1ccc(S(=O)(=O)NC(N)=NCCC[C@H](NC(=O)OC(C)(C)C)C(=O)N[C@@H](C)C(=O)N[C@@H](CCCN=C(N)NS(=O)(=O)c2ccc(C)cc2)C(=O)O[Si](CC(C)C)(C(C)(C)C)C(C)(C)C)cc1. The summed E-state index contributed by atoms with van der Waals surface area (Å²) in [5.41, 5.74) is 12.7. The number of benzene rings is 2. The van der Waals surface area contributed by atoms with Crippen molar-refractivity contribution in [1.29, 1.82) is 0 Å². The Morgan fingerprint density at radius 3 is 1.43 bits per heavy atom. The summed E-state index contributed by atoms with van der Waals surface area (Å²) in [5.74, 6) is -2.70. The maximum atomic E-state index is 14.4. The van der Waals surface area contributed by atoms with E-state index in [9.17, 15) is 36.0 Å². The number of aryl methyl sites for hydroxylation is 2. The lowest BCUT2D eigenvalue weighted by Gasteiger charge is -2.51. The number of nitrogens with two attached hydrogens (primary N) is 2. The van der Waals surface area contributed by atoms with Crippen LogP contribution < -0.4 is 36.9 Å². The van der Waals surface area contributed by atoms with Gasteiger partial charge in [-0.05, 0) is 114 Å². The molecule has 2 rings (SSSR count). The van der Waals surface area contributed by atoms with E-state index in [4.69, 9.17) is 20.6 Å². The van der Waals surface area contributed by atoms with Gasteiger partial charge in [0, 0.05) is 13.1 Å². The molecule has 0 spiro atoms. The first kappa shape index (κ1) is 58.9. The van der Waals surface area contributed by atoms with Crippen LogP contribution in [0.3, 0.4) is 0 Å². The quantitative estimate of drug-likeness (QED) is 0.0359. The maximum Gasteiger partial charge on any atom is 0.408 e. The Bertz CT molecular complexity index is 2310. The molecule has 0 aromatic heterocycles. The van der Waals surface area contributed by atoms with Crippen LogP contribution in [0.15, 0.2) is 68.3 Å². The van der Waals surface area contributed by atoms with Gasteiger partial charge < -0.3 is 36.6 Å². The van der Waals surface area contributed by atoms with Gasteiger partial charge in [0.1, 0.15) is 23.7 Å². The Morgan fingerprint density at radius 2 is 1.04 bits per heavy atom. The molecule has 3 amide bonds. The zero-order valence-corrected chi connectivity index (χ0v) is 45.0. The summed E-state index contributed by atoms with van der Waals surface area (Å²) >= 11 is 0. The number of carbonyl (C=O) groups excluding carboxylic acids is 4. The van der Waals surface area contributed by atoms with E-state index in [0.717, 1.165) is 11.1 Å². The molecule has 68 heavy (non-hydrogen) atoms. The summed E-state index contributed by atoms with van der Waals surface area (Å²) in [5, 5.41) is 7.08. The van der Waals surface area contributed by atoms with Crippen molar-refractivity contribution < 1.29 is 45.2 Å². The number of guanidine groups is 2. The van der Waals surface area contributed by atoms with Crippen molar-refractivity contribution in [1.82, 2.24) is 25.4 Å². The van der Waals surface area contributed by atoms with Crippen molar-refractivity contribution in [3.63, 3.8) is 0 Å². The second-order valence-electron chi connectivity index (χ2n) is 20.5. The first-order valence-electron chi connectivity index (χ1n) is 22.7. The topological polar surface area (TPSA) is 292 Å². The number of nitrogens with one attached hydrogen (secondary N) is 5. The average Bonchev–Trinajstić information content (AvgIpc) is 3.17. The van der Waals surface area contributed by atoms with Gasteiger partial charge in [-0.15, -0.1) is 0 Å². The Morgan fingerprint density at radius 1 is 0.632 bits per heavy atom. The van der Waals surface area contributed by atoms with Crippen LogP contribution in [0.2, 0.25) is 16.1 Å². The lowest BCUT2D eigenvalue weighted by Crippen LogP contribution is -2.59. The number of rotatable bonds is 21. The highest BCUT2D eigenvalue weighted by Gasteiger charge is 2.58. The van der Waals surface area contributed by atoms with Gasteiger partial charge in [-0.2, -0.15) is 0 Å². The molecule has 0 aliphatic carbocycles. The van der Waals surface area contributed by atoms with Crippen LogP contribution in [-0.2, 0) is 43.6 Å². The zero-order valence-electron chi connectivity index (χ0n) is 42.3. The van der Waals surface area contributed by atoms with E-state index in [1.54, 1.807) is 45.0 Å². The highest BCUT2D eigenvalue weighted by Crippen LogP contribution is 2.55. The minimum Gasteiger partial charge on any atom is -0.516 e. The second-order valence-corrected chi connectivity index (χ2v) is 29.1. The minimum atomic E-state index is -4.01. The van der Waals surface area contributed by atoms with Crippen molar-refractivity contribution in [2.45, 2.75) is 172 Å². The lowest BCUT2D eigenvalue weighted by atomic mass is 10.1. The van der Waals surface area contributed by atoms with Gasteiger partial charge >= 0.3 is 12.1 Å². The molecule has 0 radical (unpaired) electrons. The van der Waals surface area contributed by atoms with Gasteiger partial charge in [-0.25, -0.2) is 31.1 Å². The Balaban J connectivity index is 2.34. The number of nitrogens with zero attached hydrogens (tertiary/aromatic N) is 2. The van der Waals surface area contributed by atoms with Crippen LogP contribution in [0.4, 0.5) is 4.79 Å². The molecule has 2 aromatic carbocycles. The number of alkyl carbamates (subject to hydrolysis) is 1. The van der Waals surface area contributed by atoms with E-state index in [2.05, 4.69) is 90.8 Å². The van der Waals surface area contributed by atoms with E-state index in [0.29, 0.717) is 6.04 Å². The third-order valence-corrected chi connectivity index (χ3v) is 20.3. The van der Waals surface area contributed by atoms with Crippen LogP contribution in [0, 0.1) is 19.8 Å². The van der Waals surface area contributed by atoms with Crippen LogP contribution in [0.5, 0.6) is 0 Å². The third kappa shape index (κ3) is 18.7. The van der Waals surface area contributed by atoms with Crippen LogP contribution in [-0.4, -0.2) is 97.8 Å². The van der Waals surface area contributed by atoms with Crippen LogP contribution >= 0.6 is 0 Å². The highest BCUT2D eigenvalue weighted by molar-refractivity contribution is 7.90. The van der Waals surface area contributed by atoms with Gasteiger partial charge in [-0.1, -0.05) is 90.8 Å². The number of amides is 3. The maximum absolute atomic E-state index is 14.4. The third-order valence-electron chi connectivity index (χ3n) is 10.8. The number of hydrogen-bond donors (Lipinski definition) is 7. The summed E-state index contributed by atoms with van der Waals surface area (Å²) in [6, 6.07) is 9.30. The molecular weight excluding hydrogens is 931 g/mol. The average molecular weight is 1010 g/mol. The fourth-order valence-electron chi connectivity index (χ4n) is 7.43. The monoisotopic (exact) mass is 1010 g/mol. The van der Waals surface area contributed by atoms with E-state index in [1.165, 1.54) is 31.2 Å². The molecule has 2 aromatic rings. The molecule has 0 aliphatic heterocycles.